The molecule has 1 rings (SSSR count). The number of anilines is 1. The second kappa shape index (κ2) is 13.4. The zero-order valence-electron chi connectivity index (χ0n) is 19.9. The fraction of sp³-hybridized carbons (Fsp3) is 0.611. The van der Waals surface area contributed by atoms with Crippen molar-refractivity contribution in [3.8, 4) is 0 Å². The number of nitrogens with zero attached hydrogens (tertiary/aromatic N) is 4. The molecule has 18 heteroatoms. The minimum Gasteiger partial charge on any atom is -0.395 e. The standard InChI is InChI=1S/C18H28N4O12S2/c1-4-5-20(6-9-23)18(24)15-12-14(21(25)26)13-16(22(27)28)17(15)19(7-10-33-35(2,29)30)8-11-34-36(3,31)32/h12-13,23H,4-11H2,1-3H3. The highest BCUT2D eigenvalue weighted by molar-refractivity contribution is 7.86. The molecular formula is C18H28N4O12S2. The lowest BCUT2D eigenvalue weighted by atomic mass is 10.1. The molecule has 0 aliphatic heterocycles. The van der Waals surface area contributed by atoms with E-state index in [0.29, 0.717) is 12.5 Å². The molecule has 0 aromatic heterocycles. The number of nitro groups is 2. The van der Waals surface area contributed by atoms with Crippen LogP contribution in [0.4, 0.5) is 17.1 Å². The van der Waals surface area contributed by atoms with Gasteiger partial charge in [0.2, 0.25) is 0 Å². The Morgan fingerprint density at radius 3 is 1.86 bits per heavy atom. The maximum atomic E-state index is 13.4. The summed E-state index contributed by atoms with van der Waals surface area (Å²) in [5.41, 5.74) is -2.51. The first-order valence-electron chi connectivity index (χ1n) is 10.4. The van der Waals surface area contributed by atoms with E-state index in [1.54, 1.807) is 6.92 Å². The van der Waals surface area contributed by atoms with Crippen molar-refractivity contribution in [2.45, 2.75) is 13.3 Å². The Hall–Kier alpha value is -2.93. The number of rotatable bonds is 16. The van der Waals surface area contributed by atoms with E-state index >= 15 is 0 Å². The summed E-state index contributed by atoms with van der Waals surface area (Å²) in [6.45, 7) is -0.665. The Labute approximate surface area is 207 Å². The zero-order chi connectivity index (χ0) is 27.7. The van der Waals surface area contributed by atoms with Crippen molar-refractivity contribution < 1.29 is 44.9 Å². The van der Waals surface area contributed by atoms with Gasteiger partial charge < -0.3 is 14.9 Å². The molecule has 36 heavy (non-hydrogen) atoms. The van der Waals surface area contributed by atoms with Crippen molar-refractivity contribution in [3.63, 3.8) is 0 Å². The fourth-order valence-electron chi connectivity index (χ4n) is 3.15. The lowest BCUT2D eigenvalue weighted by molar-refractivity contribution is -0.393. The van der Waals surface area contributed by atoms with Crippen LogP contribution in [-0.2, 0) is 28.6 Å². The largest absolute Gasteiger partial charge is 0.395 e. The fourth-order valence-corrected chi connectivity index (χ4v) is 3.91. The molecule has 0 aliphatic carbocycles. The monoisotopic (exact) mass is 556 g/mol. The van der Waals surface area contributed by atoms with Crippen molar-refractivity contribution in [2.75, 3.05) is 63.4 Å². The number of benzene rings is 1. The van der Waals surface area contributed by atoms with Crippen LogP contribution >= 0.6 is 0 Å². The molecule has 0 aliphatic rings. The van der Waals surface area contributed by atoms with E-state index in [-0.39, 0.29) is 13.1 Å². The minimum atomic E-state index is -3.92. The molecule has 0 spiro atoms. The predicted molar refractivity (Wildman–Crippen MR) is 127 cm³/mol. The molecule has 0 saturated carbocycles. The lowest BCUT2D eigenvalue weighted by Gasteiger charge is -2.28. The summed E-state index contributed by atoms with van der Waals surface area (Å²) in [5.74, 6) is -0.870. The topological polar surface area (TPSA) is 217 Å². The Balaban J connectivity index is 3.76. The summed E-state index contributed by atoms with van der Waals surface area (Å²) in [4.78, 5) is 37.0. The van der Waals surface area contributed by atoms with Crippen LogP contribution < -0.4 is 4.90 Å². The molecule has 0 saturated heterocycles. The Kier molecular flexibility index (Phi) is 11.6. The van der Waals surface area contributed by atoms with Gasteiger partial charge in [-0.1, -0.05) is 6.92 Å². The predicted octanol–water partition coefficient (Wildman–Crippen LogP) is 0.106. The van der Waals surface area contributed by atoms with Gasteiger partial charge in [0.05, 0.1) is 53.8 Å². The van der Waals surface area contributed by atoms with Gasteiger partial charge in [0.1, 0.15) is 5.69 Å². The number of carbonyl (C=O) groups is 1. The molecule has 0 unspecified atom stereocenters. The molecule has 204 valence electrons. The Bertz CT molecular complexity index is 1130. The van der Waals surface area contributed by atoms with Crippen molar-refractivity contribution in [1.29, 1.82) is 0 Å². The second-order valence-corrected chi connectivity index (χ2v) is 10.7. The van der Waals surface area contributed by atoms with Crippen LogP contribution in [0, 0.1) is 20.2 Å². The van der Waals surface area contributed by atoms with E-state index in [0.717, 1.165) is 28.4 Å². The molecule has 0 heterocycles. The first-order chi connectivity index (χ1) is 16.6. The molecule has 1 N–H and O–H groups in total. The minimum absolute atomic E-state index is 0.115. The molecular weight excluding hydrogens is 528 g/mol. The number of aliphatic hydroxyl groups is 1. The maximum Gasteiger partial charge on any atom is 0.300 e. The van der Waals surface area contributed by atoms with Crippen LogP contribution in [-0.4, -0.2) is 101 Å². The van der Waals surface area contributed by atoms with Crippen molar-refractivity contribution in [1.82, 2.24) is 4.90 Å². The molecule has 1 aromatic carbocycles. The summed E-state index contributed by atoms with van der Waals surface area (Å²) in [5, 5.41) is 32.7. The Morgan fingerprint density at radius 1 is 0.944 bits per heavy atom. The zero-order valence-corrected chi connectivity index (χ0v) is 21.5. The third kappa shape index (κ3) is 9.97. The quantitative estimate of drug-likeness (QED) is 0.163. The smallest absolute Gasteiger partial charge is 0.300 e. The second-order valence-electron chi connectivity index (χ2n) is 7.43. The number of aliphatic hydroxyl groups excluding tert-OH is 1. The molecule has 16 nitrogen and oxygen atoms in total. The van der Waals surface area contributed by atoms with Gasteiger partial charge in [0, 0.05) is 32.2 Å². The number of carbonyl (C=O) groups excluding carboxylic acids is 1. The number of hydrogen-bond donors (Lipinski definition) is 1. The summed E-state index contributed by atoms with van der Waals surface area (Å²) in [6, 6.07) is 1.46. The van der Waals surface area contributed by atoms with Gasteiger partial charge in [0.15, 0.2) is 0 Å². The first-order valence-corrected chi connectivity index (χ1v) is 14.0. The van der Waals surface area contributed by atoms with Crippen LogP contribution in [0.1, 0.15) is 23.7 Å². The number of amides is 1. The van der Waals surface area contributed by atoms with Crippen LogP contribution in [0.2, 0.25) is 0 Å². The van der Waals surface area contributed by atoms with Gasteiger partial charge in [-0.25, -0.2) is 0 Å². The molecule has 0 bridgehead atoms. The van der Waals surface area contributed by atoms with Crippen LogP contribution in [0.3, 0.4) is 0 Å². The summed E-state index contributed by atoms with van der Waals surface area (Å²) >= 11 is 0. The van der Waals surface area contributed by atoms with Crippen LogP contribution in [0.5, 0.6) is 0 Å². The van der Waals surface area contributed by atoms with Gasteiger partial charge in [-0.2, -0.15) is 16.8 Å². The highest BCUT2D eigenvalue weighted by Crippen LogP contribution is 2.37. The van der Waals surface area contributed by atoms with E-state index in [1.165, 1.54) is 0 Å². The summed E-state index contributed by atoms with van der Waals surface area (Å²) in [7, 11) is -7.85. The van der Waals surface area contributed by atoms with E-state index in [4.69, 9.17) is 0 Å². The molecule has 0 radical (unpaired) electrons. The lowest BCUT2D eigenvalue weighted by Crippen LogP contribution is -2.38. The van der Waals surface area contributed by atoms with Crippen LogP contribution in [0.25, 0.3) is 0 Å². The third-order valence-electron chi connectivity index (χ3n) is 4.50. The normalized spacial score (nSPS) is 11.8. The average Bonchev–Trinajstić information content (AvgIpc) is 2.74. The molecule has 1 aromatic rings. The van der Waals surface area contributed by atoms with Crippen molar-refractivity contribution in [3.05, 3.63) is 37.9 Å². The number of hydrogen-bond acceptors (Lipinski definition) is 13. The van der Waals surface area contributed by atoms with E-state index in [2.05, 4.69) is 8.37 Å². The summed E-state index contributed by atoms with van der Waals surface area (Å²) < 4.78 is 54.9. The van der Waals surface area contributed by atoms with Gasteiger partial charge in [-0.3, -0.25) is 33.4 Å². The third-order valence-corrected chi connectivity index (χ3v) is 5.69. The molecule has 0 fully saturated rings. The first kappa shape index (κ1) is 31.1. The molecule has 1 amide bonds. The van der Waals surface area contributed by atoms with E-state index in [1.807, 2.05) is 0 Å². The van der Waals surface area contributed by atoms with Crippen LogP contribution in [0.15, 0.2) is 12.1 Å². The Morgan fingerprint density at radius 2 is 1.47 bits per heavy atom. The maximum absolute atomic E-state index is 13.4. The highest BCUT2D eigenvalue weighted by Gasteiger charge is 2.33. The molecule has 0 atom stereocenters. The van der Waals surface area contributed by atoms with Gasteiger partial charge >= 0.3 is 0 Å². The average molecular weight is 557 g/mol. The van der Waals surface area contributed by atoms with Crippen molar-refractivity contribution >= 4 is 43.2 Å². The number of non-ortho nitro benzene ring substituents is 1. The van der Waals surface area contributed by atoms with E-state index in [9.17, 15) is 47.0 Å². The SMILES string of the molecule is CCCN(CCO)C(=O)c1cc([N+](=O)[O-])cc([N+](=O)[O-])c1N(CCOS(C)(=O)=O)CCOS(C)(=O)=O. The summed E-state index contributed by atoms with van der Waals surface area (Å²) in [6.07, 6.45) is 1.97. The highest BCUT2D eigenvalue weighted by atomic mass is 32.2. The van der Waals surface area contributed by atoms with Gasteiger partial charge in [-0.15, -0.1) is 0 Å². The van der Waals surface area contributed by atoms with Gasteiger partial charge in [-0.05, 0) is 6.42 Å². The van der Waals surface area contributed by atoms with Crippen molar-refractivity contribution in [2.24, 2.45) is 0 Å². The number of nitro benzene ring substituents is 2. The van der Waals surface area contributed by atoms with E-state index < -0.39 is 91.5 Å². The van der Waals surface area contributed by atoms with Gasteiger partial charge in [0.25, 0.3) is 37.5 Å².